The number of amides is 2. The fourth-order valence-corrected chi connectivity index (χ4v) is 3.59. The predicted molar refractivity (Wildman–Crippen MR) is 106 cm³/mol. The van der Waals surface area contributed by atoms with Gasteiger partial charge in [-0.25, -0.2) is 8.42 Å². The lowest BCUT2D eigenvalue weighted by atomic mass is 10.1. The predicted octanol–water partition coefficient (Wildman–Crippen LogP) is 4.37. The number of alkyl halides is 3. The third-order valence-corrected chi connectivity index (χ3v) is 6.05. The van der Waals surface area contributed by atoms with Crippen molar-refractivity contribution in [2.75, 3.05) is 18.4 Å². The van der Waals surface area contributed by atoms with Gasteiger partial charge in [-0.2, -0.15) is 13.2 Å². The van der Waals surface area contributed by atoms with Gasteiger partial charge in [-0.3, -0.25) is 9.59 Å². The van der Waals surface area contributed by atoms with Crippen molar-refractivity contribution in [1.29, 1.82) is 0 Å². The molecule has 30 heavy (non-hydrogen) atoms. The standard InChI is InChI=1S/C19H18ClF3N2O4S/c1-3-25(4-2)18(27)15-10-7-13(11-16(15)20)24-17(26)12-5-8-14(9-6-12)30(28,29)19(21,22)23/h5-11H,3-4H2,1-2H3,(H,24,26). The summed E-state index contributed by atoms with van der Waals surface area (Å²) in [6, 6.07) is 7.63. The highest BCUT2D eigenvalue weighted by Gasteiger charge is 2.46. The van der Waals surface area contributed by atoms with E-state index in [-0.39, 0.29) is 27.7 Å². The van der Waals surface area contributed by atoms with Crippen molar-refractivity contribution in [2.45, 2.75) is 24.3 Å². The average Bonchev–Trinajstić information content (AvgIpc) is 2.68. The number of rotatable bonds is 6. The van der Waals surface area contributed by atoms with Gasteiger partial charge in [-0.15, -0.1) is 0 Å². The SMILES string of the molecule is CCN(CC)C(=O)c1ccc(NC(=O)c2ccc(S(=O)(=O)C(F)(F)F)cc2)cc1Cl. The Morgan fingerprint density at radius 2 is 1.60 bits per heavy atom. The highest BCUT2D eigenvalue weighted by atomic mass is 35.5. The van der Waals surface area contributed by atoms with E-state index in [1.165, 1.54) is 18.2 Å². The van der Waals surface area contributed by atoms with Gasteiger partial charge >= 0.3 is 5.51 Å². The largest absolute Gasteiger partial charge is 0.501 e. The summed E-state index contributed by atoms with van der Waals surface area (Å²) in [5.41, 5.74) is -4.97. The van der Waals surface area contributed by atoms with Crippen LogP contribution in [0.2, 0.25) is 5.02 Å². The lowest BCUT2D eigenvalue weighted by molar-refractivity contribution is -0.0436. The second kappa shape index (κ2) is 9.05. The molecule has 0 aliphatic carbocycles. The lowest BCUT2D eigenvalue weighted by Crippen LogP contribution is -2.30. The normalized spacial score (nSPS) is 11.8. The van der Waals surface area contributed by atoms with Gasteiger partial charge in [0.05, 0.1) is 15.5 Å². The Balaban J connectivity index is 2.19. The molecule has 0 saturated heterocycles. The number of nitrogens with zero attached hydrogens (tertiary/aromatic N) is 1. The molecule has 6 nitrogen and oxygen atoms in total. The minimum absolute atomic E-state index is 0.0597. The molecule has 2 aromatic carbocycles. The fraction of sp³-hybridized carbons (Fsp3) is 0.263. The van der Waals surface area contributed by atoms with Gasteiger partial charge in [-0.05, 0) is 56.3 Å². The van der Waals surface area contributed by atoms with Crippen LogP contribution in [0.25, 0.3) is 0 Å². The Hall–Kier alpha value is -2.59. The first-order valence-corrected chi connectivity index (χ1v) is 10.6. The molecular weight excluding hydrogens is 445 g/mol. The summed E-state index contributed by atoms with van der Waals surface area (Å²) in [4.78, 5) is 25.3. The minimum atomic E-state index is -5.49. The van der Waals surface area contributed by atoms with Crippen molar-refractivity contribution in [3.05, 3.63) is 58.6 Å². The van der Waals surface area contributed by atoms with Crippen molar-refractivity contribution in [3.8, 4) is 0 Å². The third-order valence-electron chi connectivity index (χ3n) is 4.24. The zero-order valence-electron chi connectivity index (χ0n) is 16.0. The van der Waals surface area contributed by atoms with Crippen molar-refractivity contribution in [1.82, 2.24) is 4.90 Å². The van der Waals surface area contributed by atoms with E-state index in [0.29, 0.717) is 25.2 Å². The number of hydrogen-bond acceptors (Lipinski definition) is 4. The van der Waals surface area contributed by atoms with Crippen LogP contribution in [0.15, 0.2) is 47.4 Å². The highest BCUT2D eigenvalue weighted by Crippen LogP contribution is 2.30. The smallest absolute Gasteiger partial charge is 0.339 e. The van der Waals surface area contributed by atoms with Gasteiger partial charge in [0.25, 0.3) is 21.7 Å². The van der Waals surface area contributed by atoms with Crippen LogP contribution in [0, 0.1) is 0 Å². The molecule has 0 radical (unpaired) electrons. The zero-order valence-corrected chi connectivity index (χ0v) is 17.5. The topological polar surface area (TPSA) is 83.6 Å². The monoisotopic (exact) mass is 462 g/mol. The molecule has 162 valence electrons. The molecule has 0 aromatic heterocycles. The van der Waals surface area contributed by atoms with E-state index in [0.717, 1.165) is 12.1 Å². The van der Waals surface area contributed by atoms with Gasteiger partial charge in [0.15, 0.2) is 0 Å². The van der Waals surface area contributed by atoms with Gasteiger partial charge in [0.1, 0.15) is 0 Å². The van der Waals surface area contributed by atoms with E-state index in [9.17, 15) is 31.2 Å². The first kappa shape index (κ1) is 23.7. The van der Waals surface area contributed by atoms with Crippen LogP contribution in [0.5, 0.6) is 0 Å². The van der Waals surface area contributed by atoms with Gasteiger partial charge in [-0.1, -0.05) is 11.6 Å². The van der Waals surface area contributed by atoms with Crippen LogP contribution in [0.1, 0.15) is 34.6 Å². The van der Waals surface area contributed by atoms with Crippen LogP contribution in [0.3, 0.4) is 0 Å². The number of sulfone groups is 1. The molecule has 0 fully saturated rings. The summed E-state index contributed by atoms with van der Waals surface area (Å²) < 4.78 is 60.5. The maximum Gasteiger partial charge on any atom is 0.501 e. The second-order valence-corrected chi connectivity index (χ2v) is 8.45. The Labute approximate surface area is 176 Å². The number of anilines is 1. The quantitative estimate of drug-likeness (QED) is 0.691. The van der Waals surface area contributed by atoms with Crippen LogP contribution in [0.4, 0.5) is 18.9 Å². The summed E-state index contributed by atoms with van der Waals surface area (Å²) in [6.45, 7) is 4.67. The summed E-state index contributed by atoms with van der Waals surface area (Å²) in [5, 5.41) is 2.61. The molecule has 0 unspecified atom stereocenters. The van der Waals surface area contributed by atoms with E-state index < -0.39 is 26.1 Å². The number of hydrogen-bond donors (Lipinski definition) is 1. The zero-order chi connectivity index (χ0) is 22.7. The number of carbonyl (C=O) groups is 2. The first-order chi connectivity index (χ1) is 13.9. The van der Waals surface area contributed by atoms with E-state index in [4.69, 9.17) is 11.6 Å². The first-order valence-electron chi connectivity index (χ1n) is 8.74. The van der Waals surface area contributed by atoms with E-state index in [2.05, 4.69) is 5.32 Å². The number of halogens is 4. The molecule has 1 N–H and O–H groups in total. The molecule has 0 spiro atoms. The van der Waals surface area contributed by atoms with Crippen molar-refractivity contribution >= 4 is 38.9 Å². The Morgan fingerprint density at radius 3 is 2.07 bits per heavy atom. The number of carbonyl (C=O) groups excluding carboxylic acids is 2. The molecule has 2 aromatic rings. The summed E-state index contributed by atoms with van der Waals surface area (Å²) in [7, 11) is -5.49. The van der Waals surface area contributed by atoms with Gasteiger partial charge in [0.2, 0.25) is 0 Å². The van der Waals surface area contributed by atoms with Crippen molar-refractivity contribution in [3.63, 3.8) is 0 Å². The van der Waals surface area contributed by atoms with Gasteiger partial charge < -0.3 is 10.2 Å². The molecule has 2 rings (SSSR count). The Bertz CT molecular complexity index is 1050. The van der Waals surface area contributed by atoms with Crippen molar-refractivity contribution < 1.29 is 31.2 Å². The third kappa shape index (κ3) is 4.93. The molecule has 0 atom stereocenters. The Morgan fingerprint density at radius 1 is 1.03 bits per heavy atom. The summed E-state index contributed by atoms with van der Waals surface area (Å²) >= 11 is 6.15. The molecular formula is C19H18ClF3N2O4S. The molecule has 2 amide bonds. The van der Waals surface area contributed by atoms with Crippen LogP contribution < -0.4 is 5.32 Å². The fourth-order valence-electron chi connectivity index (χ4n) is 2.57. The van der Waals surface area contributed by atoms with E-state index in [1.807, 2.05) is 13.8 Å². The maximum atomic E-state index is 12.6. The molecule has 0 aliphatic rings. The molecule has 0 aliphatic heterocycles. The minimum Gasteiger partial charge on any atom is -0.339 e. The van der Waals surface area contributed by atoms with Crippen molar-refractivity contribution in [2.24, 2.45) is 0 Å². The Kier molecular flexibility index (Phi) is 7.14. The maximum absolute atomic E-state index is 12.6. The van der Waals surface area contributed by atoms with Crippen LogP contribution in [-0.4, -0.2) is 43.7 Å². The number of benzene rings is 2. The average molecular weight is 463 g/mol. The lowest BCUT2D eigenvalue weighted by Gasteiger charge is -2.19. The van der Waals surface area contributed by atoms with Crippen LogP contribution >= 0.6 is 11.6 Å². The van der Waals surface area contributed by atoms with E-state index in [1.54, 1.807) is 4.90 Å². The van der Waals surface area contributed by atoms with Gasteiger partial charge in [0, 0.05) is 24.3 Å². The summed E-state index contributed by atoms with van der Waals surface area (Å²) in [5.74, 6) is -0.950. The van der Waals surface area contributed by atoms with E-state index >= 15 is 0 Å². The number of nitrogens with one attached hydrogen (secondary N) is 1. The molecule has 0 saturated carbocycles. The molecule has 0 bridgehead atoms. The second-order valence-electron chi connectivity index (χ2n) is 6.10. The molecule has 0 heterocycles. The summed E-state index contributed by atoms with van der Waals surface area (Å²) in [6.07, 6.45) is 0. The highest BCUT2D eigenvalue weighted by molar-refractivity contribution is 7.92. The molecule has 11 heteroatoms. The van der Waals surface area contributed by atoms with Crippen LogP contribution in [-0.2, 0) is 9.84 Å².